The highest BCUT2D eigenvalue weighted by molar-refractivity contribution is 5.93. The van der Waals surface area contributed by atoms with Crippen molar-refractivity contribution in [2.75, 3.05) is 6.61 Å². The summed E-state index contributed by atoms with van der Waals surface area (Å²) in [6, 6.07) is 1.61. The maximum absolute atomic E-state index is 13.6. The number of fused-ring (bicyclic) bond motifs is 1. The number of benzene rings is 1. The molecule has 0 fully saturated rings. The molecule has 3 aromatic rings. The zero-order valence-electron chi connectivity index (χ0n) is 11.9. The lowest BCUT2D eigenvalue weighted by Gasteiger charge is -2.13. The smallest absolute Gasteiger partial charge is 0.343 e. The molecule has 0 amide bonds. The number of hydrogen-bond donors (Lipinski definition) is 0. The van der Waals surface area contributed by atoms with Crippen molar-refractivity contribution in [2.24, 2.45) is 0 Å². The average molecular weight is 320 g/mol. The topological polar surface area (TPSA) is 79.0 Å². The van der Waals surface area contributed by atoms with E-state index < -0.39 is 23.0 Å². The van der Waals surface area contributed by atoms with Crippen molar-refractivity contribution in [1.82, 2.24) is 19.5 Å². The molecule has 0 N–H and O–H groups in total. The van der Waals surface area contributed by atoms with E-state index in [-0.39, 0.29) is 23.1 Å². The van der Waals surface area contributed by atoms with Gasteiger partial charge in [0.2, 0.25) is 5.43 Å². The van der Waals surface area contributed by atoms with E-state index in [2.05, 4.69) is 10.2 Å². The van der Waals surface area contributed by atoms with Gasteiger partial charge >= 0.3 is 5.97 Å². The van der Waals surface area contributed by atoms with Gasteiger partial charge < -0.3 is 4.74 Å². The van der Waals surface area contributed by atoms with Crippen molar-refractivity contribution in [3.05, 3.63) is 58.4 Å². The number of aromatic nitrogens is 4. The molecule has 1 aromatic carbocycles. The summed E-state index contributed by atoms with van der Waals surface area (Å²) in [6.07, 6.45) is 3.73. The van der Waals surface area contributed by atoms with Crippen LogP contribution in [0.4, 0.5) is 8.78 Å². The van der Waals surface area contributed by atoms with Crippen LogP contribution in [0.1, 0.15) is 17.3 Å². The number of ether oxygens (including phenoxy) is 1. The Morgan fingerprint density at radius 3 is 2.52 bits per heavy atom. The van der Waals surface area contributed by atoms with E-state index in [1.807, 2.05) is 0 Å². The SMILES string of the molecule is CCOC(=O)c1cn(-n2cnnc2)c2cc(F)c(F)cc2c1=O. The number of halogens is 2. The van der Waals surface area contributed by atoms with Gasteiger partial charge in [-0.15, -0.1) is 10.2 Å². The quantitative estimate of drug-likeness (QED) is 0.681. The Kier molecular flexibility index (Phi) is 3.61. The lowest BCUT2D eigenvalue weighted by atomic mass is 10.1. The molecule has 0 atom stereocenters. The minimum absolute atomic E-state index is 0.0572. The molecule has 0 unspecified atom stereocenters. The molecule has 23 heavy (non-hydrogen) atoms. The van der Waals surface area contributed by atoms with Crippen LogP contribution in [0.3, 0.4) is 0 Å². The molecule has 0 spiro atoms. The molecule has 3 rings (SSSR count). The predicted molar refractivity (Wildman–Crippen MR) is 74.9 cm³/mol. The van der Waals surface area contributed by atoms with Crippen molar-refractivity contribution in [2.45, 2.75) is 6.92 Å². The summed E-state index contributed by atoms with van der Waals surface area (Å²) in [5.41, 5.74) is -0.998. The van der Waals surface area contributed by atoms with Gasteiger partial charge in [0, 0.05) is 12.3 Å². The summed E-state index contributed by atoms with van der Waals surface area (Å²) < 4.78 is 34.5. The van der Waals surface area contributed by atoms with Gasteiger partial charge in [-0.1, -0.05) is 0 Å². The fourth-order valence-corrected chi connectivity index (χ4v) is 2.16. The largest absolute Gasteiger partial charge is 0.462 e. The number of nitrogens with zero attached hydrogens (tertiary/aromatic N) is 4. The zero-order chi connectivity index (χ0) is 16.6. The van der Waals surface area contributed by atoms with Crippen LogP contribution in [-0.2, 0) is 4.74 Å². The normalized spacial score (nSPS) is 10.9. The first kappa shape index (κ1) is 14.8. The van der Waals surface area contributed by atoms with Gasteiger partial charge in [0.05, 0.1) is 17.5 Å². The van der Waals surface area contributed by atoms with Crippen LogP contribution in [0.2, 0.25) is 0 Å². The molecule has 118 valence electrons. The van der Waals surface area contributed by atoms with Crippen LogP contribution in [-0.4, -0.2) is 32.1 Å². The molecule has 0 bridgehead atoms. The highest BCUT2D eigenvalue weighted by atomic mass is 19.2. The first-order valence-electron chi connectivity index (χ1n) is 6.59. The number of hydrogen-bond acceptors (Lipinski definition) is 5. The van der Waals surface area contributed by atoms with Gasteiger partial charge in [0.1, 0.15) is 18.2 Å². The Morgan fingerprint density at radius 1 is 1.22 bits per heavy atom. The Bertz CT molecular complexity index is 951. The molecule has 7 nitrogen and oxygen atoms in total. The second-order valence-corrected chi connectivity index (χ2v) is 4.56. The van der Waals surface area contributed by atoms with Crippen LogP contribution < -0.4 is 5.43 Å². The van der Waals surface area contributed by atoms with Gasteiger partial charge in [-0.2, -0.15) is 0 Å². The third-order valence-electron chi connectivity index (χ3n) is 3.18. The molecule has 0 radical (unpaired) electrons. The third kappa shape index (κ3) is 2.45. The maximum atomic E-state index is 13.6. The van der Waals surface area contributed by atoms with Crippen molar-refractivity contribution in [3.63, 3.8) is 0 Å². The lowest BCUT2D eigenvalue weighted by Crippen LogP contribution is -2.23. The summed E-state index contributed by atoms with van der Waals surface area (Å²) >= 11 is 0. The molecule has 0 aliphatic heterocycles. The Morgan fingerprint density at radius 2 is 1.87 bits per heavy atom. The zero-order valence-corrected chi connectivity index (χ0v) is 11.9. The minimum atomic E-state index is -1.19. The summed E-state index contributed by atoms with van der Waals surface area (Å²) in [7, 11) is 0. The molecule has 2 heterocycles. The number of rotatable bonds is 3. The second-order valence-electron chi connectivity index (χ2n) is 4.56. The van der Waals surface area contributed by atoms with Crippen LogP contribution in [0.15, 0.2) is 35.8 Å². The Labute approximate surface area is 127 Å². The molecular formula is C14H10F2N4O3. The van der Waals surface area contributed by atoms with E-state index >= 15 is 0 Å². The number of carbonyl (C=O) groups excluding carboxylic acids is 1. The molecule has 0 aliphatic carbocycles. The predicted octanol–water partition coefficient (Wildman–Crippen LogP) is 1.36. The summed E-state index contributed by atoms with van der Waals surface area (Å²) in [5.74, 6) is -3.17. The Hall–Kier alpha value is -3.10. The van der Waals surface area contributed by atoms with Crippen LogP contribution >= 0.6 is 0 Å². The molecule has 2 aromatic heterocycles. The van der Waals surface area contributed by atoms with E-state index in [9.17, 15) is 18.4 Å². The highest BCUT2D eigenvalue weighted by Gasteiger charge is 2.19. The molecule has 0 saturated carbocycles. The van der Waals surface area contributed by atoms with Crippen molar-refractivity contribution >= 4 is 16.9 Å². The van der Waals surface area contributed by atoms with Gasteiger partial charge in [0.15, 0.2) is 11.6 Å². The summed E-state index contributed by atoms with van der Waals surface area (Å²) in [5, 5.41) is 7.05. The van der Waals surface area contributed by atoms with E-state index in [1.165, 1.54) is 28.2 Å². The first-order chi connectivity index (χ1) is 11.0. The standard InChI is InChI=1S/C14H10F2N4O3/c1-2-23-14(22)9-5-20(19-6-17-18-7-19)12-4-11(16)10(15)3-8(12)13(9)21/h3-7H,2H2,1H3. The van der Waals surface area contributed by atoms with Gasteiger partial charge in [-0.05, 0) is 13.0 Å². The minimum Gasteiger partial charge on any atom is -0.462 e. The number of pyridine rings is 1. The molecule has 0 aliphatic rings. The van der Waals surface area contributed by atoms with E-state index in [1.54, 1.807) is 6.92 Å². The van der Waals surface area contributed by atoms with Crippen molar-refractivity contribution < 1.29 is 18.3 Å². The number of esters is 1. The third-order valence-corrected chi connectivity index (χ3v) is 3.18. The fourth-order valence-electron chi connectivity index (χ4n) is 2.16. The number of carbonyl (C=O) groups is 1. The lowest BCUT2D eigenvalue weighted by molar-refractivity contribution is 0.0524. The average Bonchev–Trinajstić information content (AvgIpc) is 3.04. The molecule has 9 heteroatoms. The van der Waals surface area contributed by atoms with Crippen LogP contribution in [0.5, 0.6) is 0 Å². The fraction of sp³-hybridized carbons (Fsp3) is 0.143. The molecular weight excluding hydrogens is 310 g/mol. The van der Waals surface area contributed by atoms with Crippen molar-refractivity contribution in [1.29, 1.82) is 0 Å². The van der Waals surface area contributed by atoms with E-state index in [0.29, 0.717) is 0 Å². The summed E-state index contributed by atoms with van der Waals surface area (Å²) in [4.78, 5) is 24.3. The van der Waals surface area contributed by atoms with Crippen molar-refractivity contribution in [3.8, 4) is 0 Å². The van der Waals surface area contributed by atoms with Gasteiger partial charge in [-0.25, -0.2) is 18.3 Å². The first-order valence-corrected chi connectivity index (χ1v) is 6.59. The van der Waals surface area contributed by atoms with Gasteiger partial charge in [0.25, 0.3) is 0 Å². The van der Waals surface area contributed by atoms with Gasteiger partial charge in [-0.3, -0.25) is 9.47 Å². The van der Waals surface area contributed by atoms with Crippen LogP contribution in [0, 0.1) is 11.6 Å². The van der Waals surface area contributed by atoms with Crippen LogP contribution in [0.25, 0.3) is 10.9 Å². The summed E-state index contributed by atoms with van der Waals surface area (Å²) in [6.45, 7) is 1.66. The second kappa shape index (κ2) is 5.59. The molecule has 0 saturated heterocycles. The highest BCUT2D eigenvalue weighted by Crippen LogP contribution is 2.17. The van der Waals surface area contributed by atoms with E-state index in [0.717, 1.165) is 12.1 Å². The maximum Gasteiger partial charge on any atom is 0.343 e. The Balaban J connectivity index is 2.40. The monoisotopic (exact) mass is 320 g/mol. The van der Waals surface area contributed by atoms with E-state index in [4.69, 9.17) is 4.74 Å².